The summed E-state index contributed by atoms with van der Waals surface area (Å²) in [6.07, 6.45) is 1.05. The van der Waals surface area contributed by atoms with E-state index in [0.717, 1.165) is 14.3 Å². The van der Waals surface area contributed by atoms with Crippen molar-refractivity contribution < 1.29 is 18.0 Å². The maximum Gasteiger partial charge on any atom is 0.264 e. The Balaban J connectivity index is 2.05. The molecule has 3 aromatic rings. The third-order valence-corrected chi connectivity index (χ3v) is 9.11. The Morgan fingerprint density at radius 2 is 1.64 bits per heavy atom. The molecule has 0 aliphatic heterocycles. The number of carbonyl (C=O) groups excluding carboxylic acids is 2. The van der Waals surface area contributed by atoms with E-state index >= 15 is 0 Å². The van der Waals surface area contributed by atoms with Crippen LogP contribution in [0.1, 0.15) is 32.3 Å². The van der Waals surface area contributed by atoms with Crippen molar-refractivity contribution in [2.75, 3.05) is 17.4 Å². The number of nitrogens with zero attached hydrogens (tertiary/aromatic N) is 2. The van der Waals surface area contributed by atoms with Gasteiger partial charge in [0.15, 0.2) is 0 Å². The van der Waals surface area contributed by atoms with E-state index in [1.165, 1.54) is 17.0 Å². The molecular weight excluding hydrogens is 672 g/mol. The molecule has 3 rings (SSSR count). The summed E-state index contributed by atoms with van der Waals surface area (Å²) in [5.41, 5.74) is 0.920. The summed E-state index contributed by atoms with van der Waals surface area (Å²) < 4.78 is 29.5. The lowest BCUT2D eigenvalue weighted by Crippen LogP contribution is -2.52. The Kier molecular flexibility index (Phi) is 11.5. The van der Waals surface area contributed by atoms with Crippen LogP contribution in [0.15, 0.2) is 77.7 Å². The second-order valence-corrected chi connectivity index (χ2v) is 12.7. The van der Waals surface area contributed by atoms with Gasteiger partial charge in [0.2, 0.25) is 11.8 Å². The van der Waals surface area contributed by atoms with Crippen molar-refractivity contribution in [1.82, 2.24) is 10.2 Å². The molecule has 0 radical (unpaired) electrons. The highest BCUT2D eigenvalue weighted by Crippen LogP contribution is 2.27. The Morgan fingerprint density at radius 1 is 0.974 bits per heavy atom. The fraction of sp³-hybridized carbons (Fsp3) is 0.286. The number of amides is 2. The maximum absolute atomic E-state index is 14.0. The Hall–Kier alpha value is -2.34. The molecule has 208 valence electrons. The molecule has 0 aliphatic carbocycles. The number of carbonyl (C=O) groups is 2. The first-order valence-corrected chi connectivity index (χ1v) is 15.7. The number of anilines is 1. The first kappa shape index (κ1) is 31.2. The molecule has 2 amide bonds. The summed E-state index contributed by atoms with van der Waals surface area (Å²) >= 11 is 14.6. The molecule has 0 spiro atoms. The standard InChI is InChI=1S/C28H30Cl2IN3O4S/c1-3-16-32-28(36)26(4-2)33(18-20-10-11-21(29)17-25(20)30)27(35)19-34(23-14-12-22(31)13-15-23)39(37,38)24-8-6-5-7-9-24/h5-15,17,26H,3-4,16,18-19H2,1-2H3,(H,32,36)/t26-/m0/s1. The second kappa shape index (κ2) is 14.3. The molecule has 39 heavy (non-hydrogen) atoms. The highest BCUT2D eigenvalue weighted by Gasteiger charge is 2.33. The molecule has 1 atom stereocenters. The van der Waals surface area contributed by atoms with Crippen molar-refractivity contribution in [3.05, 3.63) is 92.0 Å². The fourth-order valence-corrected chi connectivity index (χ4v) is 6.24. The van der Waals surface area contributed by atoms with Crippen LogP contribution in [0.3, 0.4) is 0 Å². The lowest BCUT2D eigenvalue weighted by Gasteiger charge is -2.33. The van der Waals surface area contributed by atoms with Crippen LogP contribution in [0.25, 0.3) is 0 Å². The SMILES string of the molecule is CCCNC(=O)[C@H](CC)N(Cc1ccc(Cl)cc1Cl)C(=O)CN(c1ccc(I)cc1)S(=O)(=O)c1ccccc1. The third kappa shape index (κ3) is 8.09. The minimum Gasteiger partial charge on any atom is -0.354 e. The van der Waals surface area contributed by atoms with Crippen LogP contribution in [0.2, 0.25) is 10.0 Å². The normalized spacial score (nSPS) is 12.0. The predicted molar refractivity (Wildman–Crippen MR) is 165 cm³/mol. The zero-order chi connectivity index (χ0) is 28.6. The predicted octanol–water partition coefficient (Wildman–Crippen LogP) is 6.13. The zero-order valence-electron chi connectivity index (χ0n) is 21.6. The van der Waals surface area contributed by atoms with E-state index < -0.39 is 28.5 Å². The van der Waals surface area contributed by atoms with Gasteiger partial charge in [0.25, 0.3) is 10.0 Å². The van der Waals surface area contributed by atoms with Gasteiger partial charge in [-0.05, 0) is 89.5 Å². The Bertz CT molecular complexity index is 1390. The summed E-state index contributed by atoms with van der Waals surface area (Å²) in [5.74, 6) is -0.859. The van der Waals surface area contributed by atoms with Gasteiger partial charge in [-0.1, -0.05) is 61.3 Å². The molecule has 0 unspecified atom stereocenters. The molecule has 0 bridgehead atoms. The highest BCUT2D eigenvalue weighted by molar-refractivity contribution is 14.1. The van der Waals surface area contributed by atoms with Gasteiger partial charge in [0, 0.05) is 26.7 Å². The lowest BCUT2D eigenvalue weighted by atomic mass is 10.1. The maximum atomic E-state index is 14.0. The smallest absolute Gasteiger partial charge is 0.264 e. The summed E-state index contributed by atoms with van der Waals surface area (Å²) in [6, 6.07) is 18.9. The summed E-state index contributed by atoms with van der Waals surface area (Å²) in [4.78, 5) is 28.6. The van der Waals surface area contributed by atoms with E-state index in [2.05, 4.69) is 27.9 Å². The van der Waals surface area contributed by atoms with Crippen molar-refractivity contribution in [2.24, 2.45) is 0 Å². The van der Waals surface area contributed by atoms with E-state index in [4.69, 9.17) is 23.2 Å². The van der Waals surface area contributed by atoms with Crippen LogP contribution < -0.4 is 9.62 Å². The molecule has 0 heterocycles. The molecule has 0 aliphatic rings. The van der Waals surface area contributed by atoms with Crippen molar-refractivity contribution in [3.63, 3.8) is 0 Å². The summed E-state index contributed by atoms with van der Waals surface area (Å²) in [7, 11) is -4.11. The van der Waals surface area contributed by atoms with Gasteiger partial charge in [-0.25, -0.2) is 8.42 Å². The summed E-state index contributed by atoms with van der Waals surface area (Å²) in [5, 5.41) is 3.64. The lowest BCUT2D eigenvalue weighted by molar-refractivity contribution is -0.140. The van der Waals surface area contributed by atoms with Crippen LogP contribution >= 0.6 is 45.8 Å². The number of halogens is 3. The Labute approximate surface area is 253 Å². The van der Waals surface area contributed by atoms with Gasteiger partial charge in [-0.3, -0.25) is 13.9 Å². The van der Waals surface area contributed by atoms with Gasteiger partial charge in [-0.15, -0.1) is 0 Å². The average Bonchev–Trinajstić information content (AvgIpc) is 2.92. The second-order valence-electron chi connectivity index (χ2n) is 8.77. The Morgan fingerprint density at radius 3 is 2.23 bits per heavy atom. The number of rotatable bonds is 12. The molecule has 0 saturated carbocycles. The largest absolute Gasteiger partial charge is 0.354 e. The molecule has 1 N–H and O–H groups in total. The van der Waals surface area contributed by atoms with Gasteiger partial charge in [-0.2, -0.15) is 0 Å². The molecule has 0 saturated heterocycles. The van der Waals surface area contributed by atoms with Crippen LogP contribution in [0.5, 0.6) is 0 Å². The van der Waals surface area contributed by atoms with Crippen molar-refractivity contribution in [3.8, 4) is 0 Å². The quantitative estimate of drug-likeness (QED) is 0.231. The number of hydrogen-bond donors (Lipinski definition) is 1. The highest BCUT2D eigenvalue weighted by atomic mass is 127. The average molecular weight is 702 g/mol. The van der Waals surface area contributed by atoms with E-state index in [1.54, 1.807) is 67.6 Å². The van der Waals surface area contributed by atoms with Gasteiger partial charge in [0.1, 0.15) is 12.6 Å². The third-order valence-electron chi connectivity index (χ3n) is 6.02. The number of hydrogen-bond acceptors (Lipinski definition) is 4. The van der Waals surface area contributed by atoms with Crippen molar-refractivity contribution >= 4 is 73.3 Å². The van der Waals surface area contributed by atoms with Crippen molar-refractivity contribution in [2.45, 2.75) is 44.2 Å². The van der Waals surface area contributed by atoms with Crippen LogP contribution in [-0.4, -0.2) is 44.3 Å². The first-order valence-electron chi connectivity index (χ1n) is 12.4. The molecular formula is C28H30Cl2IN3O4S. The number of benzene rings is 3. The van der Waals surface area contributed by atoms with Gasteiger partial charge < -0.3 is 10.2 Å². The van der Waals surface area contributed by atoms with Gasteiger partial charge in [0.05, 0.1) is 10.6 Å². The molecule has 0 aromatic heterocycles. The monoisotopic (exact) mass is 701 g/mol. The van der Waals surface area contributed by atoms with E-state index in [0.29, 0.717) is 34.3 Å². The molecule has 7 nitrogen and oxygen atoms in total. The first-order chi connectivity index (χ1) is 18.6. The zero-order valence-corrected chi connectivity index (χ0v) is 26.1. The number of sulfonamides is 1. The van der Waals surface area contributed by atoms with E-state index in [1.807, 2.05) is 6.92 Å². The van der Waals surface area contributed by atoms with Crippen LogP contribution in [0, 0.1) is 3.57 Å². The van der Waals surface area contributed by atoms with Crippen LogP contribution in [0.4, 0.5) is 5.69 Å². The van der Waals surface area contributed by atoms with Crippen molar-refractivity contribution in [1.29, 1.82) is 0 Å². The minimum absolute atomic E-state index is 0.00119. The summed E-state index contributed by atoms with van der Waals surface area (Å²) in [6.45, 7) is 3.68. The molecule has 3 aromatic carbocycles. The fourth-order valence-electron chi connectivity index (χ4n) is 3.97. The molecule has 11 heteroatoms. The number of nitrogens with one attached hydrogen (secondary N) is 1. The minimum atomic E-state index is -4.11. The van der Waals surface area contributed by atoms with E-state index in [9.17, 15) is 18.0 Å². The van der Waals surface area contributed by atoms with Gasteiger partial charge >= 0.3 is 0 Å². The van der Waals surface area contributed by atoms with Crippen LogP contribution in [-0.2, 0) is 26.2 Å². The molecule has 0 fully saturated rings. The topological polar surface area (TPSA) is 86.8 Å². The van der Waals surface area contributed by atoms with E-state index in [-0.39, 0.29) is 17.3 Å².